The number of carbonyl (C=O) groups excluding carboxylic acids is 1. The van der Waals surface area contributed by atoms with Gasteiger partial charge in [-0.15, -0.1) is 0 Å². The van der Waals surface area contributed by atoms with E-state index in [-0.39, 0.29) is 28.0 Å². The van der Waals surface area contributed by atoms with Gasteiger partial charge in [0.15, 0.2) is 5.82 Å². The molecule has 0 spiro atoms. The van der Waals surface area contributed by atoms with E-state index in [4.69, 9.17) is 11.6 Å². The molecule has 3 aromatic rings. The van der Waals surface area contributed by atoms with Crippen molar-refractivity contribution in [3.05, 3.63) is 75.1 Å². The maximum Gasteiger partial charge on any atom is 0.387 e. The Bertz CT molecular complexity index is 996. The van der Waals surface area contributed by atoms with E-state index in [9.17, 15) is 18.0 Å². The average Bonchev–Trinajstić information content (AvgIpc) is 2.97. The van der Waals surface area contributed by atoms with E-state index in [1.54, 1.807) is 12.1 Å². The first-order chi connectivity index (χ1) is 13.3. The van der Waals surface area contributed by atoms with Gasteiger partial charge < -0.3 is 10.1 Å². The van der Waals surface area contributed by atoms with Crippen LogP contribution in [0.5, 0.6) is 5.75 Å². The number of hydrogen-bond donors (Lipinski definition) is 1. The number of ether oxygens (including phenoxy) is 1. The fourth-order valence-corrected chi connectivity index (χ4v) is 2.95. The van der Waals surface area contributed by atoms with Crippen LogP contribution < -0.4 is 10.1 Å². The predicted molar refractivity (Wildman–Crippen MR) is 101 cm³/mol. The minimum Gasteiger partial charge on any atom is -0.434 e. The molecule has 0 fully saturated rings. The maximum atomic E-state index is 13.0. The number of amides is 1. The molecule has 0 aliphatic rings. The smallest absolute Gasteiger partial charge is 0.387 e. The SMILES string of the molecule is O=C(Nc1nn(Cc2ccc(F)cc2)cc1Cl)c1cc(Br)ccc1OC(F)F. The van der Waals surface area contributed by atoms with Crippen LogP contribution in [0.4, 0.5) is 19.0 Å². The predicted octanol–water partition coefficient (Wildman–Crippen LogP) is 5.34. The second-order valence-corrected chi connectivity index (χ2v) is 6.95. The molecular formula is C18H12BrClF3N3O2. The summed E-state index contributed by atoms with van der Waals surface area (Å²) in [7, 11) is 0. The number of rotatable bonds is 6. The third kappa shape index (κ3) is 5.05. The van der Waals surface area contributed by atoms with Gasteiger partial charge in [-0.3, -0.25) is 9.48 Å². The van der Waals surface area contributed by atoms with Gasteiger partial charge in [0.05, 0.1) is 12.1 Å². The summed E-state index contributed by atoms with van der Waals surface area (Å²) in [6.45, 7) is -2.78. The highest BCUT2D eigenvalue weighted by atomic mass is 79.9. The van der Waals surface area contributed by atoms with Gasteiger partial charge >= 0.3 is 6.61 Å². The summed E-state index contributed by atoms with van der Waals surface area (Å²) in [6, 6.07) is 9.90. The number of carbonyl (C=O) groups is 1. The summed E-state index contributed by atoms with van der Waals surface area (Å²) < 4.78 is 44.5. The van der Waals surface area contributed by atoms with Crippen molar-refractivity contribution in [2.75, 3.05) is 5.32 Å². The van der Waals surface area contributed by atoms with E-state index in [0.29, 0.717) is 11.0 Å². The minimum absolute atomic E-state index is 0.0525. The zero-order chi connectivity index (χ0) is 20.3. The van der Waals surface area contributed by atoms with Gasteiger partial charge in [-0.25, -0.2) is 4.39 Å². The molecule has 1 heterocycles. The standard InChI is InChI=1S/C18H12BrClF3N3O2/c19-11-3-6-15(28-18(22)23)13(7-11)17(27)24-16-14(20)9-26(25-16)8-10-1-4-12(21)5-2-10/h1-7,9,18H,8H2,(H,24,25,27). The van der Waals surface area contributed by atoms with Gasteiger partial charge in [-0.1, -0.05) is 39.7 Å². The first-order valence-electron chi connectivity index (χ1n) is 7.85. The molecule has 0 aliphatic heterocycles. The normalized spacial score (nSPS) is 10.9. The van der Waals surface area contributed by atoms with Crippen molar-refractivity contribution >= 4 is 39.3 Å². The number of hydrogen-bond acceptors (Lipinski definition) is 3. The third-order valence-electron chi connectivity index (χ3n) is 3.61. The molecule has 1 N–H and O–H groups in total. The second kappa shape index (κ2) is 8.66. The van der Waals surface area contributed by atoms with Gasteiger partial charge in [0.2, 0.25) is 0 Å². The number of benzene rings is 2. The van der Waals surface area contributed by atoms with Crippen LogP contribution in [-0.2, 0) is 6.54 Å². The Balaban J connectivity index is 1.78. The van der Waals surface area contributed by atoms with Gasteiger partial charge in [-0.2, -0.15) is 13.9 Å². The van der Waals surface area contributed by atoms with Crippen molar-refractivity contribution in [3.8, 4) is 5.75 Å². The van der Waals surface area contributed by atoms with E-state index in [1.165, 1.54) is 41.2 Å². The van der Waals surface area contributed by atoms with Crippen molar-refractivity contribution in [2.45, 2.75) is 13.2 Å². The highest BCUT2D eigenvalue weighted by molar-refractivity contribution is 9.10. The van der Waals surface area contributed by atoms with Crippen LogP contribution in [0.2, 0.25) is 5.02 Å². The Morgan fingerprint density at radius 2 is 1.96 bits per heavy atom. The van der Waals surface area contributed by atoms with Gasteiger partial charge in [0, 0.05) is 10.7 Å². The van der Waals surface area contributed by atoms with Crippen molar-refractivity contribution in [1.82, 2.24) is 9.78 Å². The summed E-state index contributed by atoms with van der Waals surface area (Å²) in [5.74, 6) is -1.30. The van der Waals surface area contributed by atoms with E-state index >= 15 is 0 Å². The molecule has 1 amide bonds. The lowest BCUT2D eigenvalue weighted by Crippen LogP contribution is -2.16. The molecular weight excluding hydrogens is 463 g/mol. The Morgan fingerprint density at radius 3 is 2.64 bits per heavy atom. The third-order valence-corrected chi connectivity index (χ3v) is 4.38. The number of nitrogens with one attached hydrogen (secondary N) is 1. The molecule has 1 aromatic heterocycles. The summed E-state index contributed by atoms with van der Waals surface area (Å²) in [6.07, 6.45) is 1.48. The van der Waals surface area contributed by atoms with Crippen LogP contribution in [0.15, 0.2) is 53.1 Å². The fraction of sp³-hybridized carbons (Fsp3) is 0.111. The Kier molecular flexibility index (Phi) is 6.25. The molecule has 0 radical (unpaired) electrons. The average molecular weight is 475 g/mol. The molecule has 0 saturated heterocycles. The molecule has 2 aromatic carbocycles. The quantitative estimate of drug-likeness (QED) is 0.525. The molecule has 5 nitrogen and oxygen atoms in total. The first-order valence-corrected chi connectivity index (χ1v) is 9.02. The lowest BCUT2D eigenvalue weighted by Gasteiger charge is -2.10. The van der Waals surface area contributed by atoms with Crippen molar-refractivity contribution in [2.24, 2.45) is 0 Å². The Morgan fingerprint density at radius 1 is 1.25 bits per heavy atom. The summed E-state index contributed by atoms with van der Waals surface area (Å²) in [4.78, 5) is 12.5. The van der Waals surface area contributed by atoms with E-state index < -0.39 is 12.5 Å². The van der Waals surface area contributed by atoms with Crippen LogP contribution in [-0.4, -0.2) is 22.3 Å². The molecule has 0 aliphatic carbocycles. The number of aromatic nitrogens is 2. The molecule has 3 rings (SSSR count). The molecule has 10 heteroatoms. The first kappa shape index (κ1) is 20.2. The van der Waals surface area contributed by atoms with Crippen molar-refractivity contribution in [3.63, 3.8) is 0 Å². The lowest BCUT2D eigenvalue weighted by atomic mass is 10.2. The van der Waals surface area contributed by atoms with E-state index in [1.807, 2.05) is 0 Å². The maximum absolute atomic E-state index is 13.0. The van der Waals surface area contributed by atoms with Gasteiger partial charge in [-0.05, 0) is 35.9 Å². The van der Waals surface area contributed by atoms with Crippen LogP contribution in [0.25, 0.3) is 0 Å². The van der Waals surface area contributed by atoms with E-state index in [0.717, 1.165) is 5.56 Å². The van der Waals surface area contributed by atoms with Crippen LogP contribution in [0.1, 0.15) is 15.9 Å². The topological polar surface area (TPSA) is 56.2 Å². The zero-order valence-electron chi connectivity index (χ0n) is 14.0. The molecule has 0 atom stereocenters. The molecule has 0 bridgehead atoms. The monoisotopic (exact) mass is 473 g/mol. The van der Waals surface area contributed by atoms with Crippen LogP contribution in [0.3, 0.4) is 0 Å². The van der Waals surface area contributed by atoms with Gasteiger partial charge in [0.25, 0.3) is 5.91 Å². The summed E-state index contributed by atoms with van der Waals surface area (Å²) in [5, 5.41) is 6.79. The number of alkyl halides is 2. The number of anilines is 1. The fourth-order valence-electron chi connectivity index (χ4n) is 2.39. The Labute approximate surface area is 171 Å². The highest BCUT2D eigenvalue weighted by Crippen LogP contribution is 2.27. The van der Waals surface area contributed by atoms with Crippen LogP contribution in [0, 0.1) is 5.82 Å². The molecule has 0 unspecified atom stereocenters. The van der Waals surface area contributed by atoms with Crippen molar-refractivity contribution in [1.29, 1.82) is 0 Å². The number of nitrogens with zero attached hydrogens (tertiary/aromatic N) is 2. The van der Waals surface area contributed by atoms with Crippen LogP contribution >= 0.6 is 27.5 Å². The minimum atomic E-state index is -3.08. The second-order valence-electron chi connectivity index (χ2n) is 5.62. The summed E-state index contributed by atoms with van der Waals surface area (Å²) >= 11 is 9.29. The Hall–Kier alpha value is -2.52. The summed E-state index contributed by atoms with van der Waals surface area (Å²) in [5.41, 5.74) is 0.664. The molecule has 146 valence electrons. The van der Waals surface area contributed by atoms with E-state index in [2.05, 4.69) is 31.1 Å². The number of halogens is 5. The largest absolute Gasteiger partial charge is 0.434 e. The molecule has 28 heavy (non-hydrogen) atoms. The van der Waals surface area contributed by atoms with Gasteiger partial charge in [0.1, 0.15) is 16.6 Å². The zero-order valence-corrected chi connectivity index (χ0v) is 16.3. The highest BCUT2D eigenvalue weighted by Gasteiger charge is 2.19. The molecule has 0 saturated carbocycles. The van der Waals surface area contributed by atoms with Crippen molar-refractivity contribution < 1.29 is 22.7 Å². The lowest BCUT2D eigenvalue weighted by molar-refractivity contribution is -0.0501.